The molecule has 0 radical (unpaired) electrons. The summed E-state index contributed by atoms with van der Waals surface area (Å²) >= 11 is 1.56. The molecule has 146 valence electrons. The molecular formula is C23H20N2O3S. The van der Waals surface area contributed by atoms with Crippen molar-refractivity contribution in [1.29, 1.82) is 0 Å². The fraction of sp³-hybridized carbons (Fsp3) is 0.130. The second-order valence-corrected chi connectivity index (χ2v) is 7.88. The van der Waals surface area contributed by atoms with Crippen LogP contribution in [-0.2, 0) is 11.2 Å². The van der Waals surface area contributed by atoms with E-state index >= 15 is 0 Å². The van der Waals surface area contributed by atoms with E-state index in [2.05, 4.69) is 10.6 Å². The summed E-state index contributed by atoms with van der Waals surface area (Å²) in [4.78, 5) is 26.8. The van der Waals surface area contributed by atoms with Crippen LogP contribution in [0.3, 0.4) is 0 Å². The van der Waals surface area contributed by atoms with Gasteiger partial charge in [-0.3, -0.25) is 9.59 Å². The molecule has 6 heteroatoms. The number of anilines is 2. The SMILES string of the molecule is COc1cccc(NC(=O)c2ccccc2NC(=O)C2Cc3ccccc3S2)c1. The number of hydrogen-bond acceptors (Lipinski definition) is 4. The molecule has 2 amide bonds. The molecule has 0 aliphatic carbocycles. The minimum Gasteiger partial charge on any atom is -0.497 e. The first-order valence-corrected chi connectivity index (χ1v) is 10.1. The summed E-state index contributed by atoms with van der Waals surface area (Å²) in [5.74, 6) is 0.256. The van der Waals surface area contributed by atoms with Gasteiger partial charge in [0.15, 0.2) is 0 Å². The van der Waals surface area contributed by atoms with Gasteiger partial charge in [-0.25, -0.2) is 0 Å². The highest BCUT2D eigenvalue weighted by molar-refractivity contribution is 8.01. The van der Waals surface area contributed by atoms with Gasteiger partial charge >= 0.3 is 0 Å². The number of fused-ring (bicyclic) bond motifs is 1. The van der Waals surface area contributed by atoms with Gasteiger partial charge in [0.05, 0.1) is 23.6 Å². The Balaban J connectivity index is 1.48. The maximum atomic E-state index is 12.8. The van der Waals surface area contributed by atoms with E-state index in [4.69, 9.17) is 4.74 Å². The Morgan fingerprint density at radius 2 is 1.76 bits per heavy atom. The number of para-hydroxylation sites is 1. The average Bonchev–Trinajstić information content (AvgIpc) is 3.19. The van der Waals surface area contributed by atoms with Crippen molar-refractivity contribution < 1.29 is 14.3 Å². The molecular weight excluding hydrogens is 384 g/mol. The van der Waals surface area contributed by atoms with Crippen LogP contribution in [0, 0.1) is 0 Å². The van der Waals surface area contributed by atoms with Crippen molar-refractivity contribution in [1.82, 2.24) is 0 Å². The van der Waals surface area contributed by atoms with E-state index in [0.29, 0.717) is 29.1 Å². The monoisotopic (exact) mass is 404 g/mol. The molecule has 0 saturated carbocycles. The number of hydrogen-bond donors (Lipinski definition) is 2. The molecule has 0 bridgehead atoms. The van der Waals surface area contributed by atoms with Crippen LogP contribution in [0.5, 0.6) is 5.75 Å². The van der Waals surface area contributed by atoms with E-state index < -0.39 is 0 Å². The van der Waals surface area contributed by atoms with Crippen LogP contribution in [0.15, 0.2) is 77.7 Å². The molecule has 0 aromatic heterocycles. The third-order valence-electron chi connectivity index (χ3n) is 4.70. The van der Waals surface area contributed by atoms with Gasteiger partial charge in [-0.05, 0) is 42.3 Å². The lowest BCUT2D eigenvalue weighted by Crippen LogP contribution is -2.26. The van der Waals surface area contributed by atoms with E-state index in [9.17, 15) is 9.59 Å². The van der Waals surface area contributed by atoms with E-state index in [1.165, 1.54) is 5.56 Å². The lowest BCUT2D eigenvalue weighted by Gasteiger charge is -2.14. The summed E-state index contributed by atoms with van der Waals surface area (Å²) in [6, 6.07) is 22.2. The second kappa shape index (κ2) is 8.41. The summed E-state index contributed by atoms with van der Waals surface area (Å²) in [6.45, 7) is 0. The summed E-state index contributed by atoms with van der Waals surface area (Å²) in [6.07, 6.45) is 0.685. The smallest absolute Gasteiger partial charge is 0.257 e. The van der Waals surface area contributed by atoms with Crippen LogP contribution >= 0.6 is 11.8 Å². The van der Waals surface area contributed by atoms with Crippen molar-refractivity contribution in [2.24, 2.45) is 0 Å². The molecule has 5 nitrogen and oxygen atoms in total. The van der Waals surface area contributed by atoms with Gasteiger partial charge in [0.25, 0.3) is 5.91 Å². The molecule has 29 heavy (non-hydrogen) atoms. The third kappa shape index (κ3) is 4.27. The number of benzene rings is 3. The molecule has 0 saturated heterocycles. The molecule has 1 atom stereocenters. The normalized spacial score (nSPS) is 14.7. The second-order valence-electron chi connectivity index (χ2n) is 6.64. The maximum absolute atomic E-state index is 12.8. The number of nitrogens with one attached hydrogen (secondary N) is 2. The molecule has 1 aliphatic heterocycles. The first-order valence-electron chi connectivity index (χ1n) is 9.24. The third-order valence-corrected chi connectivity index (χ3v) is 6.01. The molecule has 4 rings (SSSR count). The average molecular weight is 404 g/mol. The Hall–Kier alpha value is -3.25. The van der Waals surface area contributed by atoms with Gasteiger partial charge < -0.3 is 15.4 Å². The number of methoxy groups -OCH3 is 1. The van der Waals surface area contributed by atoms with Gasteiger partial charge in [0, 0.05) is 16.6 Å². The van der Waals surface area contributed by atoms with Crippen molar-refractivity contribution in [2.45, 2.75) is 16.6 Å². The maximum Gasteiger partial charge on any atom is 0.257 e. The summed E-state index contributed by atoms with van der Waals surface area (Å²) in [5.41, 5.74) is 2.71. The first kappa shape index (κ1) is 19.1. The highest BCUT2D eigenvalue weighted by Gasteiger charge is 2.28. The zero-order valence-electron chi connectivity index (χ0n) is 15.8. The topological polar surface area (TPSA) is 67.4 Å². The molecule has 1 heterocycles. The Morgan fingerprint density at radius 3 is 2.59 bits per heavy atom. The van der Waals surface area contributed by atoms with Crippen LogP contribution in [0.25, 0.3) is 0 Å². The number of thioether (sulfide) groups is 1. The lowest BCUT2D eigenvalue weighted by molar-refractivity contribution is -0.115. The number of amides is 2. The number of rotatable bonds is 5. The van der Waals surface area contributed by atoms with Crippen molar-refractivity contribution in [3.05, 3.63) is 83.9 Å². The van der Waals surface area contributed by atoms with Gasteiger partial charge in [-0.2, -0.15) is 0 Å². The standard InChI is InChI=1S/C23H20N2O3S/c1-28-17-9-6-8-16(14-17)24-22(26)18-10-3-4-11-19(18)25-23(27)21-13-15-7-2-5-12-20(15)29-21/h2-12,14,21H,13H2,1H3,(H,24,26)(H,25,27). The summed E-state index contributed by atoms with van der Waals surface area (Å²) in [7, 11) is 1.57. The van der Waals surface area contributed by atoms with Crippen molar-refractivity contribution >= 4 is 35.0 Å². The Bertz CT molecular complexity index is 1040. The Morgan fingerprint density at radius 1 is 0.966 bits per heavy atom. The highest BCUT2D eigenvalue weighted by Crippen LogP contribution is 2.37. The Labute approximate surface area is 173 Å². The fourth-order valence-corrected chi connectivity index (χ4v) is 4.43. The van der Waals surface area contributed by atoms with Crippen LogP contribution in [0.4, 0.5) is 11.4 Å². The Kier molecular flexibility index (Phi) is 5.53. The van der Waals surface area contributed by atoms with Crippen LogP contribution < -0.4 is 15.4 Å². The van der Waals surface area contributed by atoms with Crippen molar-refractivity contribution in [3.8, 4) is 5.75 Å². The minimum atomic E-state index is -0.295. The zero-order valence-corrected chi connectivity index (χ0v) is 16.7. The predicted molar refractivity (Wildman–Crippen MR) is 116 cm³/mol. The molecule has 1 aliphatic rings. The van der Waals surface area contributed by atoms with Crippen molar-refractivity contribution in [3.63, 3.8) is 0 Å². The molecule has 3 aromatic carbocycles. The van der Waals surface area contributed by atoms with Crippen LogP contribution in [0.2, 0.25) is 0 Å². The van der Waals surface area contributed by atoms with E-state index in [-0.39, 0.29) is 17.1 Å². The summed E-state index contributed by atoms with van der Waals surface area (Å²) < 4.78 is 5.19. The van der Waals surface area contributed by atoms with Crippen molar-refractivity contribution in [2.75, 3.05) is 17.7 Å². The predicted octanol–water partition coefficient (Wildman–Crippen LogP) is 4.60. The zero-order chi connectivity index (χ0) is 20.2. The van der Waals surface area contributed by atoms with Gasteiger partial charge in [-0.1, -0.05) is 36.4 Å². The molecule has 2 N–H and O–H groups in total. The number of ether oxygens (including phenoxy) is 1. The molecule has 0 fully saturated rings. The van der Waals surface area contributed by atoms with Gasteiger partial charge in [0.1, 0.15) is 5.75 Å². The van der Waals surface area contributed by atoms with E-state index in [1.807, 2.05) is 24.3 Å². The number of carbonyl (C=O) groups excluding carboxylic acids is 2. The fourth-order valence-electron chi connectivity index (χ4n) is 3.23. The molecule has 0 spiro atoms. The molecule has 3 aromatic rings. The largest absolute Gasteiger partial charge is 0.497 e. The van der Waals surface area contributed by atoms with E-state index in [1.54, 1.807) is 67.4 Å². The lowest BCUT2D eigenvalue weighted by atomic mass is 10.1. The molecule has 1 unspecified atom stereocenters. The highest BCUT2D eigenvalue weighted by atomic mass is 32.2. The van der Waals surface area contributed by atoms with E-state index in [0.717, 1.165) is 4.90 Å². The quantitative estimate of drug-likeness (QED) is 0.652. The van der Waals surface area contributed by atoms with Crippen LogP contribution in [-0.4, -0.2) is 24.2 Å². The summed E-state index contributed by atoms with van der Waals surface area (Å²) in [5, 5.41) is 5.58. The minimum absolute atomic E-state index is 0.104. The van der Waals surface area contributed by atoms with Crippen LogP contribution in [0.1, 0.15) is 15.9 Å². The first-order chi connectivity index (χ1) is 14.1. The van der Waals surface area contributed by atoms with Gasteiger partial charge in [0.2, 0.25) is 5.91 Å². The van der Waals surface area contributed by atoms with Gasteiger partial charge in [-0.15, -0.1) is 11.8 Å². The number of carbonyl (C=O) groups is 2.